The van der Waals surface area contributed by atoms with E-state index in [1.165, 1.54) is 17.7 Å². The first kappa shape index (κ1) is 23.0. The molecule has 3 N–H and O–H groups in total. The third-order valence-corrected chi connectivity index (χ3v) is 8.60. The van der Waals surface area contributed by atoms with Crippen molar-refractivity contribution in [2.24, 2.45) is 11.1 Å². The fraction of sp³-hybridized carbons (Fsp3) is 0.480. The summed E-state index contributed by atoms with van der Waals surface area (Å²) in [5, 5.41) is 15.3. The molecule has 1 fully saturated rings. The number of hydrogen-bond donors (Lipinski definition) is 2. The number of piperidine rings is 1. The number of primary sulfonamides is 1. The number of nitrogens with two attached hydrogens (primary N) is 1. The average molecular weight is 457 g/mol. The van der Waals surface area contributed by atoms with Gasteiger partial charge in [0.25, 0.3) is 0 Å². The van der Waals surface area contributed by atoms with Crippen LogP contribution < -0.4 is 5.14 Å². The zero-order valence-corrected chi connectivity index (χ0v) is 19.6. The van der Waals surface area contributed by atoms with Crippen LogP contribution in [-0.4, -0.2) is 43.8 Å². The van der Waals surface area contributed by atoms with Crippen molar-refractivity contribution in [1.29, 1.82) is 0 Å². The van der Waals surface area contributed by atoms with Crippen molar-refractivity contribution in [1.82, 2.24) is 4.90 Å². The summed E-state index contributed by atoms with van der Waals surface area (Å²) in [4.78, 5) is 15.6. The highest BCUT2D eigenvalue weighted by Crippen LogP contribution is 2.51. The molecule has 172 valence electrons. The summed E-state index contributed by atoms with van der Waals surface area (Å²) in [5.74, 6) is 0.853. The van der Waals surface area contributed by atoms with Gasteiger partial charge in [-0.2, -0.15) is 0 Å². The second kappa shape index (κ2) is 8.61. The SMILES string of the molecule is C[C@H]1[C@H]2Cc3ccc(O)cc3[C@]1(CC(=O)CCCc1ccc(S(N)(=O)=O)cc1)CCN2C. The molecule has 2 aromatic carbocycles. The number of Topliss-reactive ketones (excluding diaryl/α,β-unsaturated/α-hetero) is 1. The minimum Gasteiger partial charge on any atom is -0.508 e. The Morgan fingerprint density at radius 1 is 1.22 bits per heavy atom. The van der Waals surface area contributed by atoms with Crippen LogP contribution >= 0.6 is 0 Å². The number of nitrogens with zero attached hydrogens (tertiary/aromatic N) is 1. The first-order valence-electron chi connectivity index (χ1n) is 11.3. The van der Waals surface area contributed by atoms with Gasteiger partial charge in [0.15, 0.2) is 0 Å². The molecule has 0 saturated carbocycles. The van der Waals surface area contributed by atoms with Crippen LogP contribution in [0, 0.1) is 5.92 Å². The van der Waals surface area contributed by atoms with E-state index >= 15 is 0 Å². The van der Waals surface area contributed by atoms with Crippen LogP contribution in [0.15, 0.2) is 47.4 Å². The zero-order valence-electron chi connectivity index (χ0n) is 18.8. The monoisotopic (exact) mass is 456 g/mol. The van der Waals surface area contributed by atoms with Gasteiger partial charge in [0.05, 0.1) is 4.90 Å². The first-order chi connectivity index (χ1) is 15.1. The van der Waals surface area contributed by atoms with E-state index in [9.17, 15) is 18.3 Å². The van der Waals surface area contributed by atoms with E-state index < -0.39 is 10.0 Å². The second-order valence-electron chi connectivity index (χ2n) is 9.55. The number of likely N-dealkylation sites (tertiary alicyclic amines) is 1. The molecule has 1 saturated heterocycles. The lowest BCUT2D eigenvalue weighted by Gasteiger charge is -2.55. The van der Waals surface area contributed by atoms with E-state index in [1.54, 1.807) is 18.2 Å². The molecule has 0 amide bonds. The summed E-state index contributed by atoms with van der Waals surface area (Å²) < 4.78 is 22.8. The number of likely N-dealkylation sites (N-methyl/N-ethyl adjacent to an activating group) is 1. The van der Waals surface area contributed by atoms with Crippen molar-refractivity contribution in [2.45, 2.75) is 61.8 Å². The molecular weight excluding hydrogens is 424 g/mol. The maximum absolute atomic E-state index is 13.1. The van der Waals surface area contributed by atoms with Crippen molar-refractivity contribution < 1.29 is 18.3 Å². The van der Waals surface area contributed by atoms with Gasteiger partial charge in [-0.25, -0.2) is 13.6 Å². The lowest BCUT2D eigenvalue weighted by atomic mass is 9.56. The van der Waals surface area contributed by atoms with Crippen molar-refractivity contribution in [2.75, 3.05) is 13.6 Å². The van der Waals surface area contributed by atoms with Gasteiger partial charge in [-0.3, -0.25) is 4.79 Å². The summed E-state index contributed by atoms with van der Waals surface area (Å²) in [7, 11) is -1.52. The minimum atomic E-state index is -3.69. The van der Waals surface area contributed by atoms with E-state index in [2.05, 4.69) is 18.9 Å². The third-order valence-electron chi connectivity index (χ3n) is 7.67. The maximum Gasteiger partial charge on any atom is 0.238 e. The smallest absolute Gasteiger partial charge is 0.238 e. The van der Waals surface area contributed by atoms with E-state index in [0.29, 0.717) is 37.6 Å². The molecule has 32 heavy (non-hydrogen) atoms. The van der Waals surface area contributed by atoms with Crippen LogP contribution in [0.4, 0.5) is 0 Å². The molecule has 2 aromatic rings. The fourth-order valence-electron chi connectivity index (χ4n) is 5.78. The summed E-state index contributed by atoms with van der Waals surface area (Å²) in [5.41, 5.74) is 3.17. The van der Waals surface area contributed by atoms with E-state index in [0.717, 1.165) is 30.5 Å². The number of aryl methyl sites for hydroxylation is 1. The van der Waals surface area contributed by atoms with Gasteiger partial charge in [-0.05, 0) is 86.1 Å². The molecule has 0 unspecified atom stereocenters. The average Bonchev–Trinajstić information content (AvgIpc) is 2.73. The Bertz CT molecular complexity index is 1110. The Kier molecular flexibility index (Phi) is 6.18. The fourth-order valence-corrected chi connectivity index (χ4v) is 6.30. The van der Waals surface area contributed by atoms with Gasteiger partial charge in [0.1, 0.15) is 11.5 Å². The molecule has 6 nitrogen and oxygen atoms in total. The Labute approximate surface area is 190 Å². The van der Waals surface area contributed by atoms with Crippen molar-refractivity contribution in [3.63, 3.8) is 0 Å². The Morgan fingerprint density at radius 3 is 2.62 bits per heavy atom. The van der Waals surface area contributed by atoms with Crippen molar-refractivity contribution in [3.8, 4) is 5.75 Å². The van der Waals surface area contributed by atoms with Crippen LogP contribution in [0.2, 0.25) is 0 Å². The highest BCUT2D eigenvalue weighted by molar-refractivity contribution is 7.89. The normalized spacial score (nSPS) is 25.3. The predicted octanol–water partition coefficient (Wildman–Crippen LogP) is 3.16. The van der Waals surface area contributed by atoms with Crippen LogP contribution in [-0.2, 0) is 33.1 Å². The molecular formula is C25H32N2O4S. The highest BCUT2D eigenvalue weighted by Gasteiger charge is 2.51. The van der Waals surface area contributed by atoms with Crippen LogP contribution in [0.5, 0.6) is 5.75 Å². The van der Waals surface area contributed by atoms with Gasteiger partial charge in [-0.15, -0.1) is 0 Å². The molecule has 0 spiro atoms. The van der Waals surface area contributed by atoms with Gasteiger partial charge in [0.2, 0.25) is 10.0 Å². The van der Waals surface area contributed by atoms with Gasteiger partial charge < -0.3 is 10.0 Å². The number of phenolic OH excluding ortho intramolecular Hbond substituents is 1. The minimum absolute atomic E-state index is 0.0986. The number of rotatable bonds is 7. The molecule has 3 atom stereocenters. The topological polar surface area (TPSA) is 101 Å². The lowest BCUT2D eigenvalue weighted by Crippen LogP contribution is -2.58. The molecule has 0 radical (unpaired) electrons. The Hall–Kier alpha value is -2.22. The molecule has 1 aliphatic carbocycles. The van der Waals surface area contributed by atoms with Crippen LogP contribution in [0.1, 0.15) is 49.3 Å². The number of ketones is 1. The molecule has 4 rings (SSSR count). The number of benzene rings is 2. The summed E-state index contributed by atoms with van der Waals surface area (Å²) in [6, 6.07) is 12.6. The standard InChI is InChI=1S/C25H32N2O4S/c1-17-24-14-19-8-9-20(28)15-23(19)25(17,12-13-27(24)2)16-21(29)5-3-4-18-6-10-22(11-7-18)32(26,30)31/h6-11,15,17,24,28H,3-5,12-14,16H2,1-2H3,(H2,26,30,31)/t17-,24+,25-/m0/s1. The largest absolute Gasteiger partial charge is 0.508 e. The second-order valence-corrected chi connectivity index (χ2v) is 11.1. The zero-order chi connectivity index (χ0) is 23.1. The van der Waals surface area contributed by atoms with Crippen LogP contribution in [0.3, 0.4) is 0 Å². The molecule has 1 aliphatic heterocycles. The number of carbonyl (C=O) groups is 1. The summed E-state index contributed by atoms with van der Waals surface area (Å²) in [6.07, 6.45) is 4.28. The number of carbonyl (C=O) groups excluding carboxylic acids is 1. The number of aromatic hydroxyl groups is 1. The maximum atomic E-state index is 13.1. The van der Waals surface area contributed by atoms with E-state index in [-0.39, 0.29) is 21.8 Å². The lowest BCUT2D eigenvalue weighted by molar-refractivity contribution is -0.122. The number of phenols is 1. The predicted molar refractivity (Wildman–Crippen MR) is 124 cm³/mol. The molecule has 7 heteroatoms. The third kappa shape index (κ3) is 4.34. The molecule has 2 bridgehead atoms. The molecule has 2 aliphatic rings. The molecule has 1 heterocycles. The van der Waals surface area contributed by atoms with Gasteiger partial charge >= 0.3 is 0 Å². The Balaban J connectivity index is 1.46. The summed E-state index contributed by atoms with van der Waals surface area (Å²) >= 11 is 0. The summed E-state index contributed by atoms with van der Waals surface area (Å²) in [6.45, 7) is 3.21. The van der Waals surface area contributed by atoms with Crippen molar-refractivity contribution in [3.05, 3.63) is 59.2 Å². The van der Waals surface area contributed by atoms with Gasteiger partial charge in [0, 0.05) is 24.3 Å². The number of fused-ring (bicyclic) bond motifs is 4. The van der Waals surface area contributed by atoms with E-state index in [4.69, 9.17) is 5.14 Å². The quantitative estimate of drug-likeness (QED) is 0.667. The highest BCUT2D eigenvalue weighted by atomic mass is 32.2. The Morgan fingerprint density at radius 2 is 1.94 bits per heavy atom. The number of sulfonamides is 1. The van der Waals surface area contributed by atoms with Gasteiger partial charge in [-0.1, -0.05) is 25.1 Å². The van der Waals surface area contributed by atoms with Crippen LogP contribution in [0.25, 0.3) is 0 Å². The number of hydrogen-bond acceptors (Lipinski definition) is 5. The first-order valence-corrected chi connectivity index (χ1v) is 12.8. The van der Waals surface area contributed by atoms with Crippen molar-refractivity contribution >= 4 is 15.8 Å². The molecule has 0 aromatic heterocycles. The van der Waals surface area contributed by atoms with E-state index in [1.807, 2.05) is 12.1 Å².